The van der Waals surface area contributed by atoms with Gasteiger partial charge in [0.1, 0.15) is 0 Å². The second kappa shape index (κ2) is 6.35. The third-order valence-electron chi connectivity index (χ3n) is 5.43. The van der Waals surface area contributed by atoms with E-state index >= 15 is 0 Å². The van der Waals surface area contributed by atoms with Crippen LogP contribution in [-0.2, 0) is 4.79 Å². The van der Waals surface area contributed by atoms with Gasteiger partial charge in [0.05, 0.1) is 12.2 Å². The number of hydrogen-bond acceptors (Lipinski definition) is 3. The summed E-state index contributed by atoms with van der Waals surface area (Å²) in [5, 5.41) is 6.89. The highest BCUT2D eigenvalue weighted by molar-refractivity contribution is 5.96. The minimum Gasteiger partial charge on any atom is -0.343 e. The summed E-state index contributed by atoms with van der Waals surface area (Å²) >= 11 is 0. The van der Waals surface area contributed by atoms with Gasteiger partial charge >= 0.3 is 0 Å². The fraction of sp³-hybridized carbons (Fsp3) is 0.421. The molecule has 1 saturated heterocycles. The number of rotatable bonds is 4. The first kappa shape index (κ1) is 15.9. The Balaban J connectivity index is 1.29. The fourth-order valence-electron chi connectivity index (χ4n) is 3.46. The van der Waals surface area contributed by atoms with Gasteiger partial charge in [-0.25, -0.2) is 4.68 Å². The molecule has 1 saturated carbocycles. The van der Waals surface area contributed by atoms with Crippen molar-refractivity contribution in [3.8, 4) is 5.69 Å². The molecule has 1 aliphatic carbocycles. The highest BCUT2D eigenvalue weighted by Crippen LogP contribution is 2.53. The van der Waals surface area contributed by atoms with Gasteiger partial charge in [-0.3, -0.25) is 9.59 Å². The lowest BCUT2D eigenvalue weighted by atomic mass is 9.94. The summed E-state index contributed by atoms with van der Waals surface area (Å²) in [5.41, 5.74) is 1.98. The summed E-state index contributed by atoms with van der Waals surface area (Å²) < 4.78 is 1.73. The number of aromatic nitrogens is 2. The SMILES string of the molecule is O=C(NCC(=O)N1CCC2(CC1)CC2)c1ccc(-n2cccn2)cc1. The van der Waals surface area contributed by atoms with Crippen molar-refractivity contribution >= 4 is 11.8 Å². The summed E-state index contributed by atoms with van der Waals surface area (Å²) in [6, 6.07) is 9.01. The minimum atomic E-state index is -0.226. The van der Waals surface area contributed by atoms with Crippen LogP contribution in [0.15, 0.2) is 42.7 Å². The van der Waals surface area contributed by atoms with Gasteiger partial charge in [0, 0.05) is 31.0 Å². The van der Waals surface area contributed by atoms with Gasteiger partial charge in [-0.2, -0.15) is 5.10 Å². The van der Waals surface area contributed by atoms with E-state index in [1.54, 1.807) is 23.0 Å². The fourth-order valence-corrected chi connectivity index (χ4v) is 3.46. The molecule has 2 aliphatic rings. The molecule has 1 aromatic heterocycles. The molecule has 130 valence electrons. The van der Waals surface area contributed by atoms with E-state index in [4.69, 9.17) is 0 Å². The molecule has 2 heterocycles. The lowest BCUT2D eigenvalue weighted by Crippen LogP contribution is -2.44. The molecule has 0 radical (unpaired) electrons. The standard InChI is InChI=1S/C19H22N4O2/c24-17(22-12-8-19(6-7-19)9-13-22)14-20-18(25)15-2-4-16(5-3-15)23-11-1-10-21-23/h1-5,10-11H,6-9,12-14H2,(H,20,25). The topological polar surface area (TPSA) is 67.2 Å². The first-order valence-electron chi connectivity index (χ1n) is 8.81. The summed E-state index contributed by atoms with van der Waals surface area (Å²) in [4.78, 5) is 26.4. The lowest BCUT2D eigenvalue weighted by molar-refractivity contribution is -0.131. The third kappa shape index (κ3) is 3.43. The van der Waals surface area contributed by atoms with Gasteiger partial charge in [-0.1, -0.05) is 0 Å². The van der Waals surface area contributed by atoms with Crippen LogP contribution >= 0.6 is 0 Å². The number of amides is 2. The zero-order chi connectivity index (χ0) is 17.3. The zero-order valence-electron chi connectivity index (χ0n) is 14.1. The van der Waals surface area contributed by atoms with Crippen LogP contribution in [0.5, 0.6) is 0 Å². The van der Waals surface area contributed by atoms with Crippen molar-refractivity contribution in [1.82, 2.24) is 20.0 Å². The first-order chi connectivity index (χ1) is 12.2. The Morgan fingerprint density at radius 2 is 1.80 bits per heavy atom. The van der Waals surface area contributed by atoms with Crippen LogP contribution in [-0.4, -0.2) is 46.1 Å². The molecule has 2 amide bonds. The Morgan fingerprint density at radius 1 is 1.08 bits per heavy atom. The average molecular weight is 338 g/mol. The van der Waals surface area contributed by atoms with Crippen LogP contribution in [0.3, 0.4) is 0 Å². The maximum absolute atomic E-state index is 12.3. The lowest BCUT2D eigenvalue weighted by Gasteiger charge is -2.32. The second-order valence-electron chi connectivity index (χ2n) is 7.06. The van der Waals surface area contributed by atoms with Gasteiger partial charge in [-0.15, -0.1) is 0 Å². The van der Waals surface area contributed by atoms with Crippen molar-refractivity contribution in [2.24, 2.45) is 5.41 Å². The Morgan fingerprint density at radius 3 is 2.40 bits per heavy atom. The maximum atomic E-state index is 12.3. The molecule has 6 heteroatoms. The average Bonchev–Trinajstić information content (AvgIpc) is 3.18. The molecule has 2 fully saturated rings. The van der Waals surface area contributed by atoms with E-state index in [1.165, 1.54) is 12.8 Å². The van der Waals surface area contributed by atoms with Crippen molar-refractivity contribution in [3.63, 3.8) is 0 Å². The first-order valence-corrected chi connectivity index (χ1v) is 8.81. The Kier molecular flexibility index (Phi) is 4.03. The van der Waals surface area contributed by atoms with Crippen molar-refractivity contribution in [1.29, 1.82) is 0 Å². The summed E-state index contributed by atoms with van der Waals surface area (Å²) in [5.74, 6) is -0.215. The molecule has 1 N–H and O–H groups in total. The van der Waals surface area contributed by atoms with Crippen molar-refractivity contribution in [3.05, 3.63) is 48.3 Å². The Bertz CT molecular complexity index is 753. The number of nitrogens with zero attached hydrogens (tertiary/aromatic N) is 3. The predicted octanol–water partition coefficient (Wildman–Crippen LogP) is 2.00. The number of carbonyl (C=O) groups excluding carboxylic acids is 2. The molecule has 1 spiro atoms. The molecule has 4 rings (SSSR count). The molecule has 6 nitrogen and oxygen atoms in total. The van der Waals surface area contributed by atoms with Gasteiger partial charge < -0.3 is 10.2 Å². The summed E-state index contributed by atoms with van der Waals surface area (Å²) in [6.07, 6.45) is 8.42. The number of likely N-dealkylation sites (tertiary alicyclic amines) is 1. The van der Waals surface area contributed by atoms with Crippen LogP contribution < -0.4 is 5.32 Å². The van der Waals surface area contributed by atoms with Gasteiger partial charge in [0.2, 0.25) is 5.91 Å². The van der Waals surface area contributed by atoms with Gasteiger partial charge in [-0.05, 0) is 61.4 Å². The molecule has 1 aliphatic heterocycles. The monoisotopic (exact) mass is 338 g/mol. The summed E-state index contributed by atoms with van der Waals surface area (Å²) in [7, 11) is 0. The number of piperidine rings is 1. The van der Waals surface area contributed by atoms with Crippen molar-refractivity contribution in [2.45, 2.75) is 25.7 Å². The molecule has 2 aromatic rings. The smallest absolute Gasteiger partial charge is 0.251 e. The van der Waals surface area contributed by atoms with Crippen LogP contribution in [0.1, 0.15) is 36.0 Å². The van der Waals surface area contributed by atoms with Crippen molar-refractivity contribution in [2.75, 3.05) is 19.6 Å². The zero-order valence-corrected chi connectivity index (χ0v) is 14.1. The maximum Gasteiger partial charge on any atom is 0.251 e. The molecule has 0 unspecified atom stereocenters. The van der Waals surface area contributed by atoms with Crippen LogP contribution in [0.4, 0.5) is 0 Å². The van der Waals surface area contributed by atoms with Crippen LogP contribution in [0, 0.1) is 5.41 Å². The van der Waals surface area contributed by atoms with E-state index < -0.39 is 0 Å². The molecule has 0 atom stereocenters. The Labute approximate surface area is 146 Å². The molecular weight excluding hydrogens is 316 g/mol. The van der Waals surface area contributed by atoms with Gasteiger partial charge in [0.15, 0.2) is 0 Å². The Hall–Kier alpha value is -2.63. The van der Waals surface area contributed by atoms with Gasteiger partial charge in [0.25, 0.3) is 5.91 Å². The van der Waals surface area contributed by atoms with Crippen LogP contribution in [0.25, 0.3) is 5.69 Å². The van der Waals surface area contributed by atoms with E-state index in [2.05, 4.69) is 10.4 Å². The normalized spacial score (nSPS) is 18.2. The van der Waals surface area contributed by atoms with E-state index in [0.717, 1.165) is 31.6 Å². The van der Waals surface area contributed by atoms with Crippen LogP contribution in [0.2, 0.25) is 0 Å². The number of hydrogen-bond donors (Lipinski definition) is 1. The highest BCUT2D eigenvalue weighted by atomic mass is 16.2. The number of benzene rings is 1. The molecule has 1 aromatic carbocycles. The predicted molar refractivity (Wildman–Crippen MR) is 93.4 cm³/mol. The third-order valence-corrected chi connectivity index (χ3v) is 5.43. The summed E-state index contributed by atoms with van der Waals surface area (Å²) in [6.45, 7) is 1.72. The second-order valence-corrected chi connectivity index (χ2v) is 7.06. The van der Waals surface area contributed by atoms with E-state index in [0.29, 0.717) is 11.0 Å². The van der Waals surface area contributed by atoms with Crippen molar-refractivity contribution < 1.29 is 9.59 Å². The van der Waals surface area contributed by atoms with E-state index in [1.807, 2.05) is 29.3 Å². The minimum absolute atomic E-state index is 0.0111. The molecule has 25 heavy (non-hydrogen) atoms. The number of nitrogens with one attached hydrogen (secondary N) is 1. The molecular formula is C19H22N4O2. The van der Waals surface area contributed by atoms with E-state index in [9.17, 15) is 9.59 Å². The van der Waals surface area contributed by atoms with E-state index in [-0.39, 0.29) is 18.4 Å². The molecule has 0 bridgehead atoms. The largest absolute Gasteiger partial charge is 0.343 e. The number of carbonyl (C=O) groups is 2. The quantitative estimate of drug-likeness (QED) is 0.927. The highest BCUT2D eigenvalue weighted by Gasteiger charge is 2.44.